The highest BCUT2D eigenvalue weighted by Crippen LogP contribution is 2.34. The number of fused-ring (bicyclic) bond motifs is 1. The minimum Gasteiger partial charge on any atom is -0.481 e. The molecular weight excluding hydrogens is 390 g/mol. The molecule has 0 saturated carbocycles. The van der Waals surface area contributed by atoms with Crippen LogP contribution in [0.5, 0.6) is 0 Å². The smallest absolute Gasteiger partial charge is 0.307 e. The maximum absolute atomic E-state index is 11.6. The molecule has 8 heteroatoms. The van der Waals surface area contributed by atoms with Gasteiger partial charge in [-0.25, -0.2) is 4.98 Å². The SMILES string of the molecule is O=C(O)C/C(=C\c1ccc(N2CCCC2)c([N+](=O)[O-])c1)c1nc2ccccc2s1. The Morgan fingerprint density at radius 2 is 2.00 bits per heavy atom. The Morgan fingerprint density at radius 1 is 1.24 bits per heavy atom. The molecule has 7 nitrogen and oxygen atoms in total. The molecule has 1 saturated heterocycles. The number of anilines is 1. The number of rotatable bonds is 6. The van der Waals surface area contributed by atoms with Crippen molar-refractivity contribution in [1.29, 1.82) is 0 Å². The van der Waals surface area contributed by atoms with Crippen LogP contribution in [0.15, 0.2) is 42.5 Å². The van der Waals surface area contributed by atoms with Gasteiger partial charge in [-0.3, -0.25) is 14.9 Å². The minimum atomic E-state index is -0.973. The maximum atomic E-state index is 11.6. The molecule has 148 valence electrons. The number of benzene rings is 2. The molecule has 0 radical (unpaired) electrons. The van der Waals surface area contributed by atoms with Crippen LogP contribution in [0.4, 0.5) is 11.4 Å². The van der Waals surface area contributed by atoms with Crippen molar-refractivity contribution in [3.8, 4) is 0 Å². The second kappa shape index (κ2) is 8.00. The first kappa shape index (κ1) is 19.1. The molecule has 29 heavy (non-hydrogen) atoms. The predicted molar refractivity (Wildman–Crippen MR) is 114 cm³/mol. The standard InChI is InChI=1S/C21H19N3O4S/c25-20(26)13-15(21-22-16-5-1-2-6-19(16)29-21)11-14-7-8-17(18(12-14)24(27)28)23-9-3-4-10-23/h1-2,5-8,11-12H,3-4,9-10,13H2,(H,25,26)/b15-11+. The van der Waals surface area contributed by atoms with E-state index in [1.54, 1.807) is 18.2 Å². The number of aromatic nitrogens is 1. The van der Waals surface area contributed by atoms with Gasteiger partial charge in [0, 0.05) is 19.2 Å². The fourth-order valence-corrected chi connectivity index (χ4v) is 4.54. The first-order valence-electron chi connectivity index (χ1n) is 9.33. The molecule has 4 rings (SSSR count). The van der Waals surface area contributed by atoms with Gasteiger partial charge in [-0.15, -0.1) is 11.3 Å². The first-order chi connectivity index (χ1) is 14.0. The number of nitro benzene ring substituents is 1. The van der Waals surface area contributed by atoms with E-state index in [0.717, 1.165) is 36.1 Å². The lowest BCUT2D eigenvalue weighted by Gasteiger charge is -2.17. The Hall–Kier alpha value is -3.26. The number of aliphatic carboxylic acids is 1. The number of carboxylic acids is 1. The Kier molecular flexibility index (Phi) is 5.26. The van der Waals surface area contributed by atoms with Crippen LogP contribution in [-0.2, 0) is 4.79 Å². The topological polar surface area (TPSA) is 96.6 Å². The summed E-state index contributed by atoms with van der Waals surface area (Å²) in [7, 11) is 0. The average Bonchev–Trinajstić information content (AvgIpc) is 3.36. The van der Waals surface area contributed by atoms with Crippen LogP contribution in [-0.4, -0.2) is 34.1 Å². The number of thiazole rings is 1. The largest absolute Gasteiger partial charge is 0.481 e. The number of hydrogen-bond donors (Lipinski definition) is 1. The molecule has 1 aliphatic rings. The molecule has 0 amide bonds. The van der Waals surface area contributed by atoms with Crippen molar-refractivity contribution in [3.05, 3.63) is 63.1 Å². The molecule has 1 N–H and O–H groups in total. The highest BCUT2D eigenvalue weighted by Gasteiger charge is 2.22. The second-order valence-electron chi connectivity index (χ2n) is 6.93. The van der Waals surface area contributed by atoms with Crippen molar-refractivity contribution in [2.24, 2.45) is 0 Å². The molecule has 2 aromatic carbocycles. The quantitative estimate of drug-likeness (QED) is 0.463. The monoisotopic (exact) mass is 409 g/mol. The maximum Gasteiger partial charge on any atom is 0.307 e. The summed E-state index contributed by atoms with van der Waals surface area (Å²) in [6.45, 7) is 1.62. The molecule has 3 aromatic rings. The zero-order valence-corrected chi connectivity index (χ0v) is 16.4. The third-order valence-corrected chi connectivity index (χ3v) is 6.01. The summed E-state index contributed by atoms with van der Waals surface area (Å²) in [5.74, 6) is -0.973. The Morgan fingerprint density at radius 3 is 2.69 bits per heavy atom. The van der Waals surface area contributed by atoms with Gasteiger partial charge in [-0.1, -0.05) is 18.2 Å². The molecule has 0 bridgehead atoms. The highest BCUT2D eigenvalue weighted by molar-refractivity contribution is 7.19. The van der Waals surface area contributed by atoms with Crippen LogP contribution in [0.3, 0.4) is 0 Å². The molecule has 2 heterocycles. The summed E-state index contributed by atoms with van der Waals surface area (Å²) >= 11 is 1.42. The van der Waals surface area contributed by atoms with E-state index in [-0.39, 0.29) is 17.0 Å². The molecule has 0 atom stereocenters. The fourth-order valence-electron chi connectivity index (χ4n) is 3.56. The number of nitro groups is 1. The van der Waals surface area contributed by atoms with Gasteiger partial charge in [0.25, 0.3) is 5.69 Å². The number of hydrogen-bond acceptors (Lipinski definition) is 6. The molecule has 0 spiro atoms. The third kappa shape index (κ3) is 4.12. The Labute approximate surface area is 171 Å². The van der Waals surface area contributed by atoms with Gasteiger partial charge in [-0.2, -0.15) is 0 Å². The summed E-state index contributed by atoms with van der Waals surface area (Å²) in [6, 6.07) is 12.7. The minimum absolute atomic E-state index is 0.0413. The van der Waals surface area contributed by atoms with E-state index in [1.807, 2.05) is 29.2 Å². The molecular formula is C21H19N3O4S. The summed E-state index contributed by atoms with van der Waals surface area (Å²) in [6.07, 6.45) is 3.53. The fraction of sp³-hybridized carbons (Fsp3) is 0.238. The van der Waals surface area contributed by atoms with Crippen molar-refractivity contribution in [2.45, 2.75) is 19.3 Å². The lowest BCUT2D eigenvalue weighted by atomic mass is 10.1. The van der Waals surface area contributed by atoms with Gasteiger partial charge in [0.2, 0.25) is 0 Å². The van der Waals surface area contributed by atoms with E-state index >= 15 is 0 Å². The average molecular weight is 409 g/mol. The zero-order chi connectivity index (χ0) is 20.4. The Balaban J connectivity index is 1.76. The Bertz CT molecular complexity index is 1080. The van der Waals surface area contributed by atoms with E-state index in [0.29, 0.717) is 21.8 Å². The summed E-state index contributed by atoms with van der Waals surface area (Å²) in [4.78, 5) is 29.2. The van der Waals surface area contributed by atoms with Crippen LogP contribution < -0.4 is 4.90 Å². The second-order valence-corrected chi connectivity index (χ2v) is 7.96. The summed E-state index contributed by atoms with van der Waals surface area (Å²) < 4.78 is 0.967. The van der Waals surface area contributed by atoms with Gasteiger partial charge in [0.05, 0.1) is 21.6 Å². The van der Waals surface area contributed by atoms with Crippen LogP contribution in [0.2, 0.25) is 0 Å². The van der Waals surface area contributed by atoms with Crippen molar-refractivity contribution in [2.75, 3.05) is 18.0 Å². The van der Waals surface area contributed by atoms with Gasteiger partial charge in [0.1, 0.15) is 10.7 Å². The van der Waals surface area contributed by atoms with Crippen LogP contribution in [0, 0.1) is 10.1 Å². The van der Waals surface area contributed by atoms with Gasteiger partial charge in [0.15, 0.2) is 0 Å². The van der Waals surface area contributed by atoms with Crippen molar-refractivity contribution >= 4 is 50.5 Å². The van der Waals surface area contributed by atoms with Crippen LogP contribution in [0.1, 0.15) is 29.8 Å². The molecule has 1 aliphatic heterocycles. The molecule has 1 fully saturated rings. The van der Waals surface area contributed by atoms with Crippen molar-refractivity contribution in [1.82, 2.24) is 4.98 Å². The lowest BCUT2D eigenvalue weighted by molar-refractivity contribution is -0.384. The lowest BCUT2D eigenvalue weighted by Crippen LogP contribution is -2.18. The molecule has 0 unspecified atom stereocenters. The van der Waals surface area contributed by atoms with Gasteiger partial charge in [-0.05, 0) is 48.3 Å². The van der Waals surface area contributed by atoms with E-state index in [1.165, 1.54) is 17.4 Å². The van der Waals surface area contributed by atoms with Crippen molar-refractivity contribution < 1.29 is 14.8 Å². The molecule has 0 aliphatic carbocycles. The summed E-state index contributed by atoms with van der Waals surface area (Å²) in [5.41, 5.74) is 2.58. The van der Waals surface area contributed by atoms with Gasteiger partial charge < -0.3 is 10.0 Å². The van der Waals surface area contributed by atoms with E-state index in [4.69, 9.17) is 0 Å². The van der Waals surface area contributed by atoms with Crippen LogP contribution >= 0.6 is 11.3 Å². The van der Waals surface area contributed by atoms with Crippen LogP contribution in [0.25, 0.3) is 21.9 Å². The van der Waals surface area contributed by atoms with Crippen molar-refractivity contribution in [3.63, 3.8) is 0 Å². The number of nitrogens with zero attached hydrogens (tertiary/aromatic N) is 3. The highest BCUT2D eigenvalue weighted by atomic mass is 32.1. The normalized spacial score (nSPS) is 14.5. The van der Waals surface area contributed by atoms with E-state index in [2.05, 4.69) is 4.98 Å². The van der Waals surface area contributed by atoms with E-state index < -0.39 is 5.97 Å². The van der Waals surface area contributed by atoms with E-state index in [9.17, 15) is 20.0 Å². The number of carbonyl (C=O) groups is 1. The third-order valence-electron chi connectivity index (χ3n) is 4.89. The predicted octanol–water partition coefficient (Wildman–Crippen LogP) is 4.82. The van der Waals surface area contributed by atoms with Gasteiger partial charge >= 0.3 is 5.97 Å². The number of para-hydroxylation sites is 1. The zero-order valence-electron chi connectivity index (χ0n) is 15.6. The molecule has 1 aromatic heterocycles. The first-order valence-corrected chi connectivity index (χ1v) is 10.1. The number of carboxylic acid groups (broad SMARTS) is 1. The summed E-state index contributed by atoms with van der Waals surface area (Å²) in [5, 5.41) is 21.6.